The topological polar surface area (TPSA) is 45.6 Å². The third-order valence-electron chi connectivity index (χ3n) is 5.73. The van der Waals surface area contributed by atoms with Crippen molar-refractivity contribution in [2.75, 3.05) is 19.6 Å². The average Bonchev–Trinajstić information content (AvgIpc) is 3.38. The van der Waals surface area contributed by atoms with Crippen molar-refractivity contribution in [1.29, 1.82) is 0 Å². The minimum absolute atomic E-state index is 0.0601. The van der Waals surface area contributed by atoms with Crippen molar-refractivity contribution in [1.82, 2.24) is 14.4 Å². The van der Waals surface area contributed by atoms with Gasteiger partial charge in [-0.3, -0.25) is 9.59 Å². The van der Waals surface area contributed by atoms with Gasteiger partial charge in [-0.25, -0.2) is 0 Å². The first-order chi connectivity index (χ1) is 13.5. The third-order valence-corrected chi connectivity index (χ3v) is 6.17. The summed E-state index contributed by atoms with van der Waals surface area (Å²) >= 11 is 12.1. The maximum absolute atomic E-state index is 13.1. The zero-order chi connectivity index (χ0) is 19.7. The molecule has 0 spiro atoms. The highest BCUT2D eigenvalue weighted by Gasteiger charge is 2.38. The Hall–Kier alpha value is -1.98. The van der Waals surface area contributed by atoms with Gasteiger partial charge < -0.3 is 14.4 Å². The first kappa shape index (κ1) is 19.3. The summed E-state index contributed by atoms with van der Waals surface area (Å²) in [5, 5.41) is 0.843. The highest BCUT2D eigenvalue weighted by Crippen LogP contribution is 2.28. The van der Waals surface area contributed by atoms with Crippen molar-refractivity contribution < 1.29 is 9.59 Å². The fourth-order valence-electron chi connectivity index (χ4n) is 4.30. The molecule has 28 heavy (non-hydrogen) atoms. The summed E-state index contributed by atoms with van der Waals surface area (Å²) in [5.74, 6) is -0.118. The summed E-state index contributed by atoms with van der Waals surface area (Å²) in [7, 11) is 0. The molecule has 2 aromatic rings. The Kier molecular flexibility index (Phi) is 5.65. The van der Waals surface area contributed by atoms with Gasteiger partial charge in [0, 0.05) is 53.7 Å². The number of piperidine rings is 1. The van der Waals surface area contributed by atoms with Crippen LogP contribution in [0.1, 0.15) is 42.1 Å². The molecular weight excluding hydrogens is 397 g/mol. The molecule has 1 aromatic carbocycles. The number of hydrogen-bond acceptors (Lipinski definition) is 2. The lowest BCUT2D eigenvalue weighted by atomic mass is 10.0. The van der Waals surface area contributed by atoms with E-state index in [0.29, 0.717) is 34.6 Å². The van der Waals surface area contributed by atoms with Crippen LogP contribution in [0.4, 0.5) is 0 Å². The predicted octanol–water partition coefficient (Wildman–Crippen LogP) is 4.26. The molecule has 4 rings (SSSR count). The monoisotopic (exact) mass is 419 g/mol. The number of hydrogen-bond donors (Lipinski definition) is 0. The molecular formula is C21H23Cl2N3O2. The van der Waals surface area contributed by atoms with Crippen molar-refractivity contribution in [2.24, 2.45) is 0 Å². The zero-order valence-electron chi connectivity index (χ0n) is 15.6. The van der Waals surface area contributed by atoms with Gasteiger partial charge in [0.2, 0.25) is 5.91 Å². The molecule has 2 aliphatic heterocycles. The molecule has 0 N–H and O–H groups in total. The van der Waals surface area contributed by atoms with E-state index in [1.165, 1.54) is 0 Å². The van der Waals surface area contributed by atoms with E-state index in [2.05, 4.69) is 17.0 Å². The lowest BCUT2D eigenvalue weighted by Gasteiger charge is -2.36. The molecule has 3 heterocycles. The molecule has 1 atom stereocenters. The first-order valence-corrected chi connectivity index (χ1v) is 10.5. The van der Waals surface area contributed by atoms with E-state index in [9.17, 15) is 9.59 Å². The summed E-state index contributed by atoms with van der Waals surface area (Å²) in [6, 6.07) is 8.92. The van der Waals surface area contributed by atoms with E-state index < -0.39 is 6.04 Å². The minimum atomic E-state index is -0.395. The van der Waals surface area contributed by atoms with Crippen LogP contribution in [0.3, 0.4) is 0 Å². The first-order valence-electron chi connectivity index (χ1n) is 9.71. The van der Waals surface area contributed by atoms with Gasteiger partial charge in [-0.2, -0.15) is 0 Å². The van der Waals surface area contributed by atoms with Crippen molar-refractivity contribution in [3.63, 3.8) is 0 Å². The molecule has 1 aromatic heterocycles. The Bertz CT molecular complexity index is 840. The second-order valence-corrected chi connectivity index (χ2v) is 8.37. The molecule has 0 saturated carbocycles. The number of nitrogens with zero attached hydrogens (tertiary/aromatic N) is 3. The molecule has 148 valence electrons. The molecule has 1 unspecified atom stereocenters. The second-order valence-electron chi connectivity index (χ2n) is 7.50. The summed E-state index contributed by atoms with van der Waals surface area (Å²) in [4.78, 5) is 29.7. The Labute approximate surface area is 174 Å². The molecule has 0 radical (unpaired) electrons. The van der Waals surface area contributed by atoms with Crippen LogP contribution in [-0.2, 0) is 4.79 Å². The van der Waals surface area contributed by atoms with Gasteiger partial charge >= 0.3 is 0 Å². The molecule has 0 aliphatic carbocycles. The van der Waals surface area contributed by atoms with Gasteiger partial charge in [0.05, 0.1) is 0 Å². The van der Waals surface area contributed by atoms with Crippen molar-refractivity contribution in [2.45, 2.75) is 37.8 Å². The van der Waals surface area contributed by atoms with E-state index >= 15 is 0 Å². The fourth-order valence-corrected chi connectivity index (χ4v) is 4.82. The van der Waals surface area contributed by atoms with Crippen LogP contribution >= 0.6 is 23.2 Å². The Morgan fingerprint density at radius 1 is 0.893 bits per heavy atom. The van der Waals surface area contributed by atoms with Crippen LogP contribution in [0.5, 0.6) is 0 Å². The SMILES string of the molecule is O=C(C1CCCN1C(=O)c1cc(Cl)cc(Cl)c1)N1CCC(n2cccc2)CC1. The molecule has 0 bridgehead atoms. The smallest absolute Gasteiger partial charge is 0.254 e. The quantitative estimate of drug-likeness (QED) is 0.745. The molecule has 2 saturated heterocycles. The van der Waals surface area contributed by atoms with Gasteiger partial charge in [-0.15, -0.1) is 0 Å². The van der Waals surface area contributed by atoms with E-state index in [0.717, 1.165) is 32.4 Å². The number of halogens is 2. The number of benzene rings is 1. The Balaban J connectivity index is 1.43. The lowest BCUT2D eigenvalue weighted by molar-refractivity contribution is -0.136. The van der Waals surface area contributed by atoms with Crippen LogP contribution in [0.25, 0.3) is 0 Å². The van der Waals surface area contributed by atoms with E-state index in [1.54, 1.807) is 23.1 Å². The summed E-state index contributed by atoms with van der Waals surface area (Å²) in [6.45, 7) is 2.03. The van der Waals surface area contributed by atoms with Crippen molar-refractivity contribution in [3.05, 3.63) is 58.3 Å². The zero-order valence-corrected chi connectivity index (χ0v) is 17.1. The van der Waals surface area contributed by atoms with Gasteiger partial charge in [0.1, 0.15) is 6.04 Å². The van der Waals surface area contributed by atoms with Gasteiger partial charge in [0.25, 0.3) is 5.91 Å². The normalized spacial score (nSPS) is 20.6. The predicted molar refractivity (Wildman–Crippen MR) is 110 cm³/mol. The average molecular weight is 420 g/mol. The maximum atomic E-state index is 13.1. The van der Waals surface area contributed by atoms with Crippen LogP contribution in [0, 0.1) is 0 Å². The molecule has 2 fully saturated rings. The number of carbonyl (C=O) groups excluding carboxylic acids is 2. The summed E-state index contributed by atoms with van der Waals surface area (Å²) in [6.07, 6.45) is 7.56. The fraction of sp³-hybridized carbons (Fsp3) is 0.429. The minimum Gasteiger partial charge on any atom is -0.351 e. The summed E-state index contributed by atoms with van der Waals surface area (Å²) in [5.41, 5.74) is 0.434. The van der Waals surface area contributed by atoms with Crippen LogP contribution < -0.4 is 0 Å². The van der Waals surface area contributed by atoms with Gasteiger partial charge in [-0.1, -0.05) is 23.2 Å². The Morgan fingerprint density at radius 2 is 1.54 bits per heavy atom. The van der Waals surface area contributed by atoms with Crippen LogP contribution in [0.2, 0.25) is 10.0 Å². The highest BCUT2D eigenvalue weighted by atomic mass is 35.5. The number of amides is 2. The largest absolute Gasteiger partial charge is 0.351 e. The molecule has 2 amide bonds. The maximum Gasteiger partial charge on any atom is 0.254 e. The van der Waals surface area contributed by atoms with Crippen molar-refractivity contribution >= 4 is 35.0 Å². The van der Waals surface area contributed by atoms with Crippen LogP contribution in [-0.4, -0.2) is 51.9 Å². The van der Waals surface area contributed by atoms with E-state index in [-0.39, 0.29) is 11.8 Å². The second kappa shape index (κ2) is 8.18. The number of rotatable bonds is 3. The van der Waals surface area contributed by atoms with E-state index in [4.69, 9.17) is 23.2 Å². The number of aromatic nitrogens is 1. The standard InChI is InChI=1S/C21H23Cl2N3O2/c22-16-12-15(13-17(23)14-16)20(27)26-9-3-4-19(26)21(28)25-10-5-18(6-11-25)24-7-1-2-8-24/h1-2,7-8,12-14,18-19H,3-6,9-11H2. The van der Waals surface area contributed by atoms with Gasteiger partial charge in [-0.05, 0) is 56.0 Å². The van der Waals surface area contributed by atoms with Crippen LogP contribution in [0.15, 0.2) is 42.7 Å². The third kappa shape index (κ3) is 3.91. The lowest BCUT2D eigenvalue weighted by Crippen LogP contribution is -2.50. The molecule has 7 heteroatoms. The van der Waals surface area contributed by atoms with Crippen molar-refractivity contribution in [3.8, 4) is 0 Å². The number of likely N-dealkylation sites (tertiary alicyclic amines) is 2. The van der Waals surface area contributed by atoms with E-state index in [1.807, 2.05) is 17.0 Å². The summed E-state index contributed by atoms with van der Waals surface area (Å²) < 4.78 is 2.22. The molecule has 2 aliphatic rings. The number of carbonyl (C=O) groups is 2. The Morgan fingerprint density at radius 3 is 2.18 bits per heavy atom. The highest BCUT2D eigenvalue weighted by molar-refractivity contribution is 6.35. The van der Waals surface area contributed by atoms with Gasteiger partial charge in [0.15, 0.2) is 0 Å². The molecule has 5 nitrogen and oxygen atoms in total.